The fourth-order valence-corrected chi connectivity index (χ4v) is 4.28. The van der Waals surface area contributed by atoms with Crippen LogP contribution in [0.4, 0.5) is 0 Å². The summed E-state index contributed by atoms with van der Waals surface area (Å²) in [5.41, 5.74) is 2.48. The Labute approximate surface area is 171 Å². The molecule has 0 saturated carbocycles. The van der Waals surface area contributed by atoms with E-state index < -0.39 is 5.60 Å². The number of rotatable bonds is 7. The van der Waals surface area contributed by atoms with Gasteiger partial charge in [-0.25, -0.2) is 0 Å². The second kappa shape index (κ2) is 7.73. The zero-order chi connectivity index (χ0) is 19.7. The van der Waals surface area contributed by atoms with E-state index in [-0.39, 0.29) is 24.6 Å². The van der Waals surface area contributed by atoms with E-state index in [1.54, 1.807) is 7.11 Å². The Morgan fingerprint density at radius 2 is 1.17 bits per heavy atom. The first kappa shape index (κ1) is 18.5. The molecule has 0 radical (unpaired) electrons. The molecule has 4 heteroatoms. The number of fused-ring (bicyclic) bond motifs is 1. The van der Waals surface area contributed by atoms with Crippen molar-refractivity contribution >= 4 is 0 Å². The van der Waals surface area contributed by atoms with Gasteiger partial charge in [0.05, 0.1) is 6.61 Å². The highest BCUT2D eigenvalue weighted by Crippen LogP contribution is 2.44. The third-order valence-electron chi connectivity index (χ3n) is 5.74. The molecule has 2 aliphatic rings. The Balaban J connectivity index is 1.57. The van der Waals surface area contributed by atoms with Gasteiger partial charge in [-0.3, -0.25) is 0 Å². The SMILES string of the molecule is CO[C@@H]1O[C@@H](COC(c2ccccc2)(c2ccccc2)c2ccccc2)[C@@H]2O[C@@H]12. The number of hydrogen-bond donors (Lipinski definition) is 0. The molecule has 29 heavy (non-hydrogen) atoms. The average molecular weight is 388 g/mol. The molecule has 2 fully saturated rings. The van der Waals surface area contributed by atoms with Gasteiger partial charge in [0.25, 0.3) is 0 Å². The van der Waals surface area contributed by atoms with Gasteiger partial charge in [0, 0.05) is 7.11 Å². The number of ether oxygens (including phenoxy) is 4. The summed E-state index contributed by atoms with van der Waals surface area (Å²) >= 11 is 0. The monoisotopic (exact) mass is 388 g/mol. The highest BCUT2D eigenvalue weighted by Gasteiger charge is 2.59. The molecule has 2 saturated heterocycles. The van der Waals surface area contributed by atoms with Crippen molar-refractivity contribution in [3.05, 3.63) is 108 Å². The van der Waals surface area contributed by atoms with Crippen molar-refractivity contribution in [2.24, 2.45) is 0 Å². The van der Waals surface area contributed by atoms with Gasteiger partial charge >= 0.3 is 0 Å². The first-order valence-electron chi connectivity index (χ1n) is 9.97. The van der Waals surface area contributed by atoms with Gasteiger partial charge in [0.15, 0.2) is 6.29 Å². The maximum absolute atomic E-state index is 6.80. The van der Waals surface area contributed by atoms with E-state index in [1.165, 1.54) is 0 Å². The van der Waals surface area contributed by atoms with Crippen molar-refractivity contribution < 1.29 is 18.9 Å². The lowest BCUT2D eigenvalue weighted by atomic mass is 9.80. The van der Waals surface area contributed by atoms with Crippen LogP contribution < -0.4 is 0 Å². The summed E-state index contributed by atoms with van der Waals surface area (Å²) in [6.45, 7) is 0.402. The molecule has 0 aliphatic carbocycles. The summed E-state index contributed by atoms with van der Waals surface area (Å²) in [6, 6.07) is 31.0. The standard InChI is InChI=1S/C25H24O4/c1-26-24-23-22(29-23)21(28-24)17-27-25(18-11-5-2-6-12-18,19-13-7-3-8-14-19)20-15-9-4-10-16-20/h2-16,21-24H,17H2,1H3/t21-,22-,23+,24+/m0/s1. The summed E-state index contributed by atoms with van der Waals surface area (Å²) in [7, 11) is 1.65. The van der Waals surface area contributed by atoms with Gasteiger partial charge in [-0.15, -0.1) is 0 Å². The van der Waals surface area contributed by atoms with Crippen LogP contribution in [0.15, 0.2) is 91.0 Å². The maximum Gasteiger partial charge on any atom is 0.186 e. The lowest BCUT2D eigenvalue weighted by molar-refractivity contribution is -0.178. The van der Waals surface area contributed by atoms with Crippen molar-refractivity contribution in [2.75, 3.05) is 13.7 Å². The average Bonchev–Trinajstić information content (AvgIpc) is 3.52. The smallest absolute Gasteiger partial charge is 0.186 e. The third kappa shape index (κ3) is 3.28. The zero-order valence-corrected chi connectivity index (χ0v) is 16.3. The summed E-state index contributed by atoms with van der Waals surface area (Å²) in [6.07, 6.45) is -0.401. The Hall–Kier alpha value is -2.50. The van der Waals surface area contributed by atoms with Crippen molar-refractivity contribution in [2.45, 2.75) is 30.2 Å². The molecule has 3 aromatic rings. The molecule has 148 valence electrons. The van der Waals surface area contributed by atoms with Crippen molar-refractivity contribution in [1.29, 1.82) is 0 Å². The van der Waals surface area contributed by atoms with Crippen molar-refractivity contribution in [3.8, 4) is 0 Å². The summed E-state index contributed by atoms with van der Waals surface area (Å²) in [5, 5.41) is 0. The molecular formula is C25H24O4. The molecule has 5 rings (SSSR count). The quantitative estimate of drug-likeness (QED) is 0.451. The molecule has 0 aromatic heterocycles. The molecule has 0 unspecified atom stereocenters. The topological polar surface area (TPSA) is 40.2 Å². The molecule has 0 N–H and O–H groups in total. The van der Waals surface area contributed by atoms with E-state index in [9.17, 15) is 0 Å². The molecule has 4 atom stereocenters. The van der Waals surface area contributed by atoms with Gasteiger partial charge < -0.3 is 18.9 Å². The molecular weight excluding hydrogens is 364 g/mol. The van der Waals surface area contributed by atoms with Gasteiger partial charge in [-0.1, -0.05) is 91.0 Å². The number of hydrogen-bond acceptors (Lipinski definition) is 4. The third-order valence-corrected chi connectivity index (χ3v) is 5.74. The van der Waals surface area contributed by atoms with E-state index in [4.69, 9.17) is 18.9 Å². The minimum absolute atomic E-state index is 0.0215. The zero-order valence-electron chi connectivity index (χ0n) is 16.3. The van der Waals surface area contributed by atoms with Crippen LogP contribution in [0.25, 0.3) is 0 Å². The van der Waals surface area contributed by atoms with Crippen LogP contribution in [0.2, 0.25) is 0 Å². The van der Waals surface area contributed by atoms with E-state index >= 15 is 0 Å². The minimum Gasteiger partial charge on any atom is -0.361 e. The highest BCUT2D eigenvalue weighted by atomic mass is 16.8. The van der Waals surface area contributed by atoms with Crippen LogP contribution >= 0.6 is 0 Å². The normalized spacial score (nSPS) is 25.6. The lowest BCUT2D eigenvalue weighted by Gasteiger charge is -2.36. The van der Waals surface area contributed by atoms with Crippen LogP contribution in [0.5, 0.6) is 0 Å². The van der Waals surface area contributed by atoms with Crippen molar-refractivity contribution in [1.82, 2.24) is 0 Å². The van der Waals surface area contributed by atoms with Crippen LogP contribution in [0, 0.1) is 0 Å². The van der Waals surface area contributed by atoms with E-state index in [1.807, 2.05) is 54.6 Å². The first-order valence-corrected chi connectivity index (χ1v) is 9.97. The first-order chi connectivity index (χ1) is 14.3. The van der Waals surface area contributed by atoms with Crippen LogP contribution in [0.3, 0.4) is 0 Å². The molecule has 0 spiro atoms. The number of methoxy groups -OCH3 is 1. The Morgan fingerprint density at radius 1 is 0.690 bits per heavy atom. The van der Waals surface area contributed by atoms with Crippen LogP contribution in [0.1, 0.15) is 16.7 Å². The highest BCUT2D eigenvalue weighted by molar-refractivity contribution is 5.47. The Kier molecular flexibility index (Phi) is 4.94. The Morgan fingerprint density at radius 3 is 1.59 bits per heavy atom. The summed E-state index contributed by atoms with van der Waals surface area (Å²) in [4.78, 5) is 0. The van der Waals surface area contributed by atoms with Gasteiger partial charge in [0.1, 0.15) is 23.9 Å². The maximum atomic E-state index is 6.80. The fraction of sp³-hybridized carbons (Fsp3) is 0.280. The molecule has 2 heterocycles. The molecule has 2 aliphatic heterocycles. The molecule has 3 aromatic carbocycles. The second-order valence-corrected chi connectivity index (χ2v) is 7.43. The predicted octanol–water partition coefficient (Wildman–Crippen LogP) is 4.13. The summed E-state index contributed by atoms with van der Waals surface area (Å²) < 4.78 is 23.9. The second-order valence-electron chi connectivity index (χ2n) is 7.43. The van der Waals surface area contributed by atoms with Gasteiger partial charge in [0.2, 0.25) is 0 Å². The number of benzene rings is 3. The van der Waals surface area contributed by atoms with Gasteiger partial charge in [-0.05, 0) is 16.7 Å². The predicted molar refractivity (Wildman–Crippen MR) is 109 cm³/mol. The largest absolute Gasteiger partial charge is 0.361 e. The fourth-order valence-electron chi connectivity index (χ4n) is 4.28. The molecule has 0 amide bonds. The van der Waals surface area contributed by atoms with Gasteiger partial charge in [-0.2, -0.15) is 0 Å². The summed E-state index contributed by atoms with van der Waals surface area (Å²) in [5.74, 6) is 0. The van der Waals surface area contributed by atoms with E-state index in [0.29, 0.717) is 6.61 Å². The number of epoxide rings is 1. The van der Waals surface area contributed by atoms with E-state index in [2.05, 4.69) is 36.4 Å². The van der Waals surface area contributed by atoms with Crippen LogP contribution in [-0.2, 0) is 24.5 Å². The minimum atomic E-state index is -0.747. The van der Waals surface area contributed by atoms with E-state index in [0.717, 1.165) is 16.7 Å². The molecule has 0 bridgehead atoms. The Bertz CT molecular complexity index is 832. The lowest BCUT2D eigenvalue weighted by Crippen LogP contribution is -2.37. The molecule has 4 nitrogen and oxygen atoms in total. The van der Waals surface area contributed by atoms with Crippen LogP contribution in [-0.4, -0.2) is 38.3 Å². The van der Waals surface area contributed by atoms with Crippen molar-refractivity contribution in [3.63, 3.8) is 0 Å².